The van der Waals surface area contributed by atoms with Crippen molar-refractivity contribution in [3.05, 3.63) is 57.5 Å². The molecule has 0 saturated carbocycles. The van der Waals surface area contributed by atoms with Crippen molar-refractivity contribution in [3.63, 3.8) is 0 Å². The van der Waals surface area contributed by atoms with Crippen LogP contribution in [-0.2, 0) is 11.2 Å². The molecule has 0 saturated heterocycles. The zero-order chi connectivity index (χ0) is 18.5. The molecule has 0 aliphatic rings. The monoisotopic (exact) mass is 373 g/mol. The fourth-order valence-corrected chi connectivity index (χ4v) is 3.45. The van der Waals surface area contributed by atoms with Crippen molar-refractivity contribution in [3.8, 4) is 11.5 Å². The van der Waals surface area contributed by atoms with Crippen LogP contribution in [0.5, 0.6) is 11.5 Å². The molecule has 3 rings (SSSR count). The number of fused-ring (bicyclic) bond motifs is 1. The predicted molar refractivity (Wildman–Crippen MR) is 99.3 cm³/mol. The summed E-state index contributed by atoms with van der Waals surface area (Å²) in [5.41, 5.74) is 1.43. The fraction of sp³-hybridized carbons (Fsp3) is 0.278. The maximum absolute atomic E-state index is 12.1. The minimum absolute atomic E-state index is 0.0851. The van der Waals surface area contributed by atoms with Crippen molar-refractivity contribution in [2.24, 2.45) is 0 Å². The van der Waals surface area contributed by atoms with Gasteiger partial charge in [-0.25, -0.2) is 4.98 Å². The highest BCUT2D eigenvalue weighted by Gasteiger charge is 2.09. The van der Waals surface area contributed by atoms with E-state index in [1.165, 1.54) is 17.4 Å². The fourth-order valence-electron chi connectivity index (χ4n) is 2.48. The van der Waals surface area contributed by atoms with Gasteiger partial charge in [-0.3, -0.25) is 14.0 Å². The number of nitrogens with one attached hydrogen (secondary N) is 1. The maximum Gasteiger partial charge on any atom is 0.258 e. The Hall–Kier alpha value is -2.87. The van der Waals surface area contributed by atoms with Crippen LogP contribution >= 0.6 is 11.3 Å². The number of carbonyl (C=O) groups is 1. The molecule has 0 aliphatic heterocycles. The third-order valence-electron chi connectivity index (χ3n) is 3.72. The summed E-state index contributed by atoms with van der Waals surface area (Å²) in [5.74, 6) is 1.01. The van der Waals surface area contributed by atoms with Crippen LogP contribution < -0.4 is 20.3 Å². The summed E-state index contributed by atoms with van der Waals surface area (Å²) in [7, 11) is 1.57. The number of hydrogen-bond donors (Lipinski definition) is 1. The first-order chi connectivity index (χ1) is 12.6. The van der Waals surface area contributed by atoms with Crippen LogP contribution in [0, 0.1) is 6.92 Å². The van der Waals surface area contributed by atoms with Crippen LogP contribution in [0.2, 0.25) is 0 Å². The predicted octanol–water partition coefficient (Wildman–Crippen LogP) is 1.81. The van der Waals surface area contributed by atoms with Crippen molar-refractivity contribution >= 4 is 22.2 Å². The normalized spacial score (nSPS) is 10.7. The van der Waals surface area contributed by atoms with E-state index in [1.807, 2.05) is 5.38 Å². The molecule has 0 radical (unpaired) electrons. The zero-order valence-corrected chi connectivity index (χ0v) is 15.3. The van der Waals surface area contributed by atoms with Gasteiger partial charge in [-0.15, -0.1) is 11.3 Å². The van der Waals surface area contributed by atoms with Crippen LogP contribution in [0.3, 0.4) is 0 Å². The van der Waals surface area contributed by atoms with E-state index >= 15 is 0 Å². The average molecular weight is 373 g/mol. The van der Waals surface area contributed by atoms with Gasteiger partial charge in [0.25, 0.3) is 11.5 Å². The van der Waals surface area contributed by atoms with Crippen LogP contribution in [0.25, 0.3) is 4.96 Å². The Morgan fingerprint density at radius 3 is 2.92 bits per heavy atom. The Bertz CT molecular complexity index is 980. The molecular formula is C18H19N3O4S. The van der Waals surface area contributed by atoms with Gasteiger partial charge in [0.15, 0.2) is 11.6 Å². The molecular weight excluding hydrogens is 354 g/mol. The minimum Gasteiger partial charge on any atom is -0.497 e. The van der Waals surface area contributed by atoms with E-state index in [4.69, 9.17) is 9.47 Å². The van der Waals surface area contributed by atoms with Crippen LogP contribution in [0.15, 0.2) is 40.5 Å². The summed E-state index contributed by atoms with van der Waals surface area (Å²) >= 11 is 1.41. The van der Waals surface area contributed by atoms with E-state index < -0.39 is 0 Å². The molecule has 0 fully saturated rings. The first-order valence-electron chi connectivity index (χ1n) is 8.07. The largest absolute Gasteiger partial charge is 0.497 e. The lowest BCUT2D eigenvalue weighted by atomic mass is 10.3. The molecule has 0 unspecified atom stereocenters. The average Bonchev–Trinajstić information content (AvgIpc) is 3.03. The SMILES string of the molecule is COc1cccc(OCC(=O)NCCc2csc3nc(C)cc(=O)n23)c1. The summed E-state index contributed by atoms with van der Waals surface area (Å²) < 4.78 is 12.1. The van der Waals surface area contributed by atoms with Gasteiger partial charge in [0.05, 0.1) is 7.11 Å². The number of aryl methyl sites for hydroxylation is 1. The Labute approximate surface area is 154 Å². The molecule has 136 valence electrons. The van der Waals surface area contributed by atoms with E-state index in [9.17, 15) is 9.59 Å². The maximum atomic E-state index is 12.1. The molecule has 2 heterocycles. The lowest BCUT2D eigenvalue weighted by Crippen LogP contribution is -2.31. The number of aromatic nitrogens is 2. The Balaban J connectivity index is 1.52. The minimum atomic E-state index is -0.228. The smallest absolute Gasteiger partial charge is 0.258 e. The summed E-state index contributed by atoms with van der Waals surface area (Å²) in [6, 6.07) is 8.57. The van der Waals surface area contributed by atoms with Gasteiger partial charge < -0.3 is 14.8 Å². The molecule has 1 aromatic carbocycles. The standard InChI is InChI=1S/C18H19N3O4S/c1-12-8-17(23)21-13(11-26-18(21)20-12)6-7-19-16(22)10-25-15-5-3-4-14(9-15)24-2/h3-5,8-9,11H,6-7,10H2,1-2H3,(H,19,22). The van der Waals surface area contributed by atoms with Crippen LogP contribution in [-0.4, -0.2) is 35.6 Å². The van der Waals surface area contributed by atoms with Crippen molar-refractivity contribution in [2.45, 2.75) is 13.3 Å². The molecule has 26 heavy (non-hydrogen) atoms. The van der Waals surface area contributed by atoms with Crippen molar-refractivity contribution in [1.29, 1.82) is 0 Å². The molecule has 0 aliphatic carbocycles. The van der Waals surface area contributed by atoms with Gasteiger partial charge in [-0.05, 0) is 19.1 Å². The molecule has 3 aromatic rings. The topological polar surface area (TPSA) is 81.9 Å². The highest BCUT2D eigenvalue weighted by molar-refractivity contribution is 7.15. The second kappa shape index (κ2) is 8.01. The number of thiazole rings is 1. The van der Waals surface area contributed by atoms with Crippen LogP contribution in [0.4, 0.5) is 0 Å². The van der Waals surface area contributed by atoms with E-state index in [0.29, 0.717) is 35.1 Å². The first kappa shape index (κ1) is 17.9. The van der Waals surface area contributed by atoms with Crippen molar-refractivity contribution < 1.29 is 14.3 Å². The van der Waals surface area contributed by atoms with Crippen LogP contribution in [0.1, 0.15) is 11.4 Å². The summed E-state index contributed by atoms with van der Waals surface area (Å²) in [4.78, 5) is 29.0. The van der Waals surface area contributed by atoms with E-state index in [0.717, 1.165) is 5.69 Å². The van der Waals surface area contributed by atoms with E-state index in [-0.39, 0.29) is 18.1 Å². The number of ether oxygens (including phenoxy) is 2. The van der Waals surface area contributed by atoms with Gasteiger partial charge in [0.1, 0.15) is 11.5 Å². The van der Waals surface area contributed by atoms with Gasteiger partial charge in [0.2, 0.25) is 0 Å². The Morgan fingerprint density at radius 1 is 1.31 bits per heavy atom. The van der Waals surface area contributed by atoms with E-state index in [2.05, 4.69) is 10.3 Å². The van der Waals surface area contributed by atoms with Crippen molar-refractivity contribution in [2.75, 3.05) is 20.3 Å². The molecule has 0 spiro atoms. The molecule has 8 heteroatoms. The summed E-state index contributed by atoms with van der Waals surface area (Å²) in [5, 5.41) is 4.68. The molecule has 2 aromatic heterocycles. The second-order valence-corrected chi connectivity index (χ2v) is 6.48. The van der Waals surface area contributed by atoms with E-state index in [1.54, 1.807) is 42.7 Å². The molecule has 1 N–H and O–H groups in total. The number of rotatable bonds is 7. The molecule has 7 nitrogen and oxygen atoms in total. The van der Waals surface area contributed by atoms with Gasteiger partial charge >= 0.3 is 0 Å². The molecule has 0 atom stereocenters. The number of carbonyl (C=O) groups excluding carboxylic acids is 1. The number of amides is 1. The third kappa shape index (κ3) is 4.20. The van der Waals surface area contributed by atoms with Gasteiger partial charge in [0, 0.05) is 41.9 Å². The second-order valence-electron chi connectivity index (χ2n) is 5.65. The highest BCUT2D eigenvalue weighted by atomic mass is 32.1. The third-order valence-corrected chi connectivity index (χ3v) is 4.59. The first-order valence-corrected chi connectivity index (χ1v) is 8.95. The van der Waals surface area contributed by atoms with Gasteiger partial charge in [-0.2, -0.15) is 0 Å². The Morgan fingerprint density at radius 2 is 2.12 bits per heavy atom. The molecule has 0 bridgehead atoms. The number of benzene rings is 1. The lowest BCUT2D eigenvalue weighted by molar-refractivity contribution is -0.123. The number of methoxy groups -OCH3 is 1. The molecule has 1 amide bonds. The summed E-state index contributed by atoms with van der Waals surface area (Å²) in [6.07, 6.45) is 0.537. The number of hydrogen-bond acceptors (Lipinski definition) is 6. The van der Waals surface area contributed by atoms with Gasteiger partial charge in [-0.1, -0.05) is 6.07 Å². The highest BCUT2D eigenvalue weighted by Crippen LogP contribution is 2.18. The zero-order valence-electron chi connectivity index (χ0n) is 14.5. The van der Waals surface area contributed by atoms with Crippen molar-refractivity contribution in [1.82, 2.24) is 14.7 Å². The number of nitrogens with zero attached hydrogens (tertiary/aromatic N) is 2. The quantitative estimate of drug-likeness (QED) is 0.683. The Kier molecular flexibility index (Phi) is 5.52. The summed E-state index contributed by atoms with van der Waals surface area (Å²) in [6.45, 7) is 2.12. The lowest BCUT2D eigenvalue weighted by Gasteiger charge is -2.08.